The number of carbonyl (C=O) groups excluding carboxylic acids is 2. The predicted octanol–water partition coefficient (Wildman–Crippen LogP) is 3.67. The second-order valence-electron chi connectivity index (χ2n) is 5.18. The molecule has 0 saturated heterocycles. The largest absolute Gasteiger partial charge is 0.462 e. The summed E-state index contributed by atoms with van der Waals surface area (Å²) < 4.78 is 6.77. The van der Waals surface area contributed by atoms with Gasteiger partial charge in [0.2, 0.25) is 0 Å². The first-order valence-electron chi connectivity index (χ1n) is 7.28. The molecule has 0 radical (unpaired) electrons. The standard InChI is InChI=1S/C17H16N2O3S/c1-4-22-16(21)15-11(3)19-13(9-20)14(18-17(19)23-15)12-7-5-10(2)6-8-12/h5-9H,4H2,1-3H3. The molecule has 23 heavy (non-hydrogen) atoms. The summed E-state index contributed by atoms with van der Waals surface area (Å²) in [5.74, 6) is -0.380. The van der Waals surface area contributed by atoms with Crippen LogP contribution >= 0.6 is 11.3 Å². The number of fused-ring (bicyclic) bond motifs is 1. The molecule has 0 bridgehead atoms. The molecule has 0 N–H and O–H groups in total. The van der Waals surface area contributed by atoms with Crippen LogP contribution in [0.25, 0.3) is 16.2 Å². The van der Waals surface area contributed by atoms with Gasteiger partial charge in [-0.15, -0.1) is 0 Å². The molecule has 0 aliphatic heterocycles. The Labute approximate surface area is 137 Å². The summed E-state index contributed by atoms with van der Waals surface area (Å²) in [6, 6.07) is 7.84. The highest BCUT2D eigenvalue weighted by atomic mass is 32.1. The van der Waals surface area contributed by atoms with Crippen molar-refractivity contribution in [2.75, 3.05) is 6.61 Å². The fourth-order valence-corrected chi connectivity index (χ4v) is 3.52. The van der Waals surface area contributed by atoms with E-state index in [1.807, 2.05) is 31.2 Å². The van der Waals surface area contributed by atoms with Gasteiger partial charge in [0, 0.05) is 11.3 Å². The molecule has 0 atom stereocenters. The van der Waals surface area contributed by atoms with Gasteiger partial charge in [0.15, 0.2) is 11.2 Å². The number of nitrogens with zero attached hydrogens (tertiary/aromatic N) is 2. The Balaban J connectivity index is 2.18. The predicted molar refractivity (Wildman–Crippen MR) is 89.3 cm³/mol. The lowest BCUT2D eigenvalue weighted by atomic mass is 10.1. The van der Waals surface area contributed by atoms with Crippen LogP contribution in [-0.4, -0.2) is 28.2 Å². The maximum Gasteiger partial charge on any atom is 0.350 e. The van der Waals surface area contributed by atoms with Crippen LogP contribution in [0.4, 0.5) is 0 Å². The molecule has 0 saturated carbocycles. The van der Waals surface area contributed by atoms with E-state index < -0.39 is 0 Å². The minimum atomic E-state index is -0.380. The molecule has 0 fully saturated rings. The number of imidazole rings is 1. The molecule has 3 aromatic rings. The number of aryl methyl sites for hydroxylation is 2. The molecule has 1 aromatic carbocycles. The minimum absolute atomic E-state index is 0.313. The fraction of sp³-hybridized carbons (Fsp3) is 0.235. The quantitative estimate of drug-likeness (QED) is 0.541. The number of hydrogen-bond acceptors (Lipinski definition) is 5. The number of aldehydes is 1. The number of thiazole rings is 1. The molecule has 2 aromatic heterocycles. The average Bonchev–Trinajstić information content (AvgIpc) is 3.05. The van der Waals surface area contributed by atoms with Crippen molar-refractivity contribution in [2.45, 2.75) is 20.8 Å². The Hall–Kier alpha value is -2.47. The Bertz CT molecular complexity index is 891. The molecular weight excluding hydrogens is 312 g/mol. The topological polar surface area (TPSA) is 60.7 Å². The summed E-state index contributed by atoms with van der Waals surface area (Å²) in [5.41, 5.74) is 3.78. The van der Waals surface area contributed by atoms with Crippen molar-refractivity contribution in [3.05, 3.63) is 46.1 Å². The molecule has 0 aliphatic rings. The van der Waals surface area contributed by atoms with Gasteiger partial charge in [-0.05, 0) is 20.8 Å². The minimum Gasteiger partial charge on any atom is -0.462 e. The highest BCUT2D eigenvalue weighted by molar-refractivity contribution is 7.19. The van der Waals surface area contributed by atoms with Crippen molar-refractivity contribution in [3.8, 4) is 11.3 Å². The van der Waals surface area contributed by atoms with Crippen molar-refractivity contribution < 1.29 is 14.3 Å². The van der Waals surface area contributed by atoms with Crippen LogP contribution in [0.2, 0.25) is 0 Å². The number of benzene rings is 1. The average molecular weight is 328 g/mol. The first-order valence-corrected chi connectivity index (χ1v) is 8.09. The van der Waals surface area contributed by atoms with Gasteiger partial charge in [0.1, 0.15) is 16.3 Å². The molecule has 0 spiro atoms. The van der Waals surface area contributed by atoms with Crippen molar-refractivity contribution in [1.82, 2.24) is 9.38 Å². The van der Waals surface area contributed by atoms with E-state index in [-0.39, 0.29) is 5.97 Å². The lowest BCUT2D eigenvalue weighted by molar-refractivity contribution is 0.0530. The highest BCUT2D eigenvalue weighted by Crippen LogP contribution is 2.30. The number of aromatic nitrogens is 2. The highest BCUT2D eigenvalue weighted by Gasteiger charge is 2.23. The molecule has 2 heterocycles. The van der Waals surface area contributed by atoms with Crippen LogP contribution in [0.15, 0.2) is 24.3 Å². The number of carbonyl (C=O) groups is 2. The molecule has 0 amide bonds. The number of esters is 1. The molecule has 0 unspecified atom stereocenters. The number of rotatable bonds is 4. The zero-order chi connectivity index (χ0) is 16.6. The normalized spacial score (nSPS) is 10.9. The van der Waals surface area contributed by atoms with Crippen LogP contribution in [0.3, 0.4) is 0 Å². The van der Waals surface area contributed by atoms with Gasteiger partial charge in [-0.3, -0.25) is 9.20 Å². The molecule has 6 heteroatoms. The zero-order valence-electron chi connectivity index (χ0n) is 13.1. The third-order valence-electron chi connectivity index (χ3n) is 3.64. The second-order valence-corrected chi connectivity index (χ2v) is 6.16. The SMILES string of the molecule is CCOC(=O)c1sc2nc(-c3ccc(C)cc3)c(C=O)n2c1C. The Morgan fingerprint density at radius 3 is 2.61 bits per heavy atom. The molecule has 3 rings (SSSR count). The van der Waals surface area contributed by atoms with Crippen molar-refractivity contribution >= 4 is 28.6 Å². The summed E-state index contributed by atoms with van der Waals surface area (Å²) in [6.45, 7) is 5.88. The van der Waals surface area contributed by atoms with Gasteiger partial charge >= 0.3 is 5.97 Å². The summed E-state index contributed by atoms with van der Waals surface area (Å²) >= 11 is 1.24. The van der Waals surface area contributed by atoms with Crippen LogP contribution in [0.1, 0.15) is 38.3 Å². The van der Waals surface area contributed by atoms with E-state index >= 15 is 0 Å². The van der Waals surface area contributed by atoms with Gasteiger partial charge in [0.25, 0.3) is 0 Å². The molecule has 118 valence electrons. The van der Waals surface area contributed by atoms with E-state index in [0.717, 1.165) is 17.4 Å². The van der Waals surface area contributed by atoms with E-state index in [1.54, 1.807) is 18.2 Å². The number of ether oxygens (including phenoxy) is 1. The monoisotopic (exact) mass is 328 g/mol. The molecule has 0 aliphatic carbocycles. The van der Waals surface area contributed by atoms with E-state index in [9.17, 15) is 9.59 Å². The van der Waals surface area contributed by atoms with Crippen molar-refractivity contribution in [1.29, 1.82) is 0 Å². The Kier molecular flexibility index (Phi) is 4.00. The Morgan fingerprint density at radius 1 is 1.30 bits per heavy atom. The lowest BCUT2D eigenvalue weighted by Crippen LogP contribution is -2.05. The van der Waals surface area contributed by atoms with E-state index in [4.69, 9.17) is 4.74 Å². The van der Waals surface area contributed by atoms with Crippen LogP contribution < -0.4 is 0 Å². The summed E-state index contributed by atoms with van der Waals surface area (Å²) in [5, 5.41) is 0. The fourth-order valence-electron chi connectivity index (χ4n) is 2.49. The van der Waals surface area contributed by atoms with Gasteiger partial charge in [0.05, 0.1) is 6.61 Å². The first-order chi connectivity index (χ1) is 11.1. The third-order valence-corrected chi connectivity index (χ3v) is 4.76. The lowest BCUT2D eigenvalue weighted by Gasteiger charge is -2.02. The molecular formula is C17H16N2O3S. The zero-order valence-corrected chi connectivity index (χ0v) is 13.9. The second kappa shape index (κ2) is 5.96. The molecule has 5 nitrogen and oxygen atoms in total. The summed E-state index contributed by atoms with van der Waals surface area (Å²) in [6.07, 6.45) is 0.782. The van der Waals surface area contributed by atoms with Crippen LogP contribution in [0.5, 0.6) is 0 Å². The van der Waals surface area contributed by atoms with Gasteiger partial charge < -0.3 is 4.74 Å². The van der Waals surface area contributed by atoms with E-state index in [0.29, 0.717) is 33.5 Å². The summed E-state index contributed by atoms with van der Waals surface area (Å²) in [4.78, 5) is 29.3. The van der Waals surface area contributed by atoms with E-state index in [2.05, 4.69) is 4.98 Å². The van der Waals surface area contributed by atoms with Gasteiger partial charge in [-0.1, -0.05) is 41.2 Å². The van der Waals surface area contributed by atoms with Crippen molar-refractivity contribution in [3.63, 3.8) is 0 Å². The maximum atomic E-state index is 12.0. The number of hydrogen-bond donors (Lipinski definition) is 0. The first kappa shape index (κ1) is 15.4. The summed E-state index contributed by atoms with van der Waals surface area (Å²) in [7, 11) is 0. The van der Waals surface area contributed by atoms with Gasteiger partial charge in [-0.2, -0.15) is 0 Å². The van der Waals surface area contributed by atoms with E-state index in [1.165, 1.54) is 11.3 Å². The maximum absolute atomic E-state index is 12.0. The third kappa shape index (κ3) is 2.55. The van der Waals surface area contributed by atoms with Crippen molar-refractivity contribution in [2.24, 2.45) is 0 Å². The smallest absolute Gasteiger partial charge is 0.350 e. The van der Waals surface area contributed by atoms with Gasteiger partial charge in [-0.25, -0.2) is 9.78 Å². The van der Waals surface area contributed by atoms with Crippen LogP contribution in [0, 0.1) is 13.8 Å². The van der Waals surface area contributed by atoms with Crippen LogP contribution in [-0.2, 0) is 4.74 Å². The Morgan fingerprint density at radius 2 is 2.00 bits per heavy atom.